The summed E-state index contributed by atoms with van der Waals surface area (Å²) >= 11 is 6.33. The van der Waals surface area contributed by atoms with Gasteiger partial charge in [0.15, 0.2) is 0 Å². The summed E-state index contributed by atoms with van der Waals surface area (Å²) in [5.74, 6) is 0.431. The molecule has 0 spiro atoms. The van der Waals surface area contributed by atoms with E-state index in [4.69, 9.17) is 16.0 Å². The highest BCUT2D eigenvalue weighted by Gasteiger charge is 2.19. The van der Waals surface area contributed by atoms with E-state index < -0.39 is 0 Å². The Morgan fingerprint density at radius 3 is 2.77 bits per heavy atom. The Labute approximate surface area is 134 Å². The fourth-order valence-electron chi connectivity index (χ4n) is 2.60. The van der Waals surface area contributed by atoms with Gasteiger partial charge in [0, 0.05) is 19.2 Å². The van der Waals surface area contributed by atoms with Crippen LogP contribution in [0.2, 0.25) is 5.02 Å². The van der Waals surface area contributed by atoms with Crippen molar-refractivity contribution in [1.29, 1.82) is 0 Å². The number of rotatable bonds is 4. The van der Waals surface area contributed by atoms with E-state index in [2.05, 4.69) is 10.2 Å². The summed E-state index contributed by atoms with van der Waals surface area (Å²) in [6.07, 6.45) is 6.96. The van der Waals surface area contributed by atoms with Gasteiger partial charge in [-0.2, -0.15) is 0 Å². The third-order valence-electron chi connectivity index (χ3n) is 3.61. The number of carbonyl (C=O) groups excluding carboxylic acids is 1. The zero-order valence-corrected chi connectivity index (χ0v) is 12.8. The largest absolute Gasteiger partial charge is 0.465 e. The van der Waals surface area contributed by atoms with Crippen molar-refractivity contribution >= 4 is 35.0 Å². The Balaban J connectivity index is 1.77. The summed E-state index contributed by atoms with van der Waals surface area (Å²) in [6.45, 7) is 1.93. The molecule has 1 aliphatic heterocycles. The number of para-hydroxylation sites is 1. The van der Waals surface area contributed by atoms with Crippen LogP contribution in [0, 0.1) is 0 Å². The second-order valence-corrected chi connectivity index (χ2v) is 5.58. The SMILES string of the molecule is O=C(C=Cc1ccco1)Nc1cccc(Cl)c1N1CCCC1. The lowest BCUT2D eigenvalue weighted by Gasteiger charge is -2.22. The van der Waals surface area contributed by atoms with E-state index in [1.165, 1.54) is 6.08 Å². The molecular weight excluding hydrogens is 300 g/mol. The van der Waals surface area contributed by atoms with Crippen molar-refractivity contribution in [1.82, 2.24) is 0 Å². The quantitative estimate of drug-likeness (QED) is 0.860. The summed E-state index contributed by atoms with van der Waals surface area (Å²) in [4.78, 5) is 14.3. The Bertz CT molecular complexity index is 674. The van der Waals surface area contributed by atoms with E-state index in [0.717, 1.165) is 37.3 Å². The zero-order chi connectivity index (χ0) is 15.4. The molecule has 0 saturated carbocycles. The van der Waals surface area contributed by atoms with Crippen LogP contribution in [0.5, 0.6) is 0 Å². The number of hydrogen-bond acceptors (Lipinski definition) is 3. The first-order chi connectivity index (χ1) is 10.7. The lowest BCUT2D eigenvalue weighted by atomic mass is 10.2. The van der Waals surface area contributed by atoms with Crippen LogP contribution in [-0.2, 0) is 4.79 Å². The zero-order valence-electron chi connectivity index (χ0n) is 12.1. The predicted octanol–water partition coefficient (Wildman–Crippen LogP) is 4.19. The van der Waals surface area contributed by atoms with E-state index in [1.807, 2.05) is 18.2 Å². The smallest absolute Gasteiger partial charge is 0.248 e. The molecule has 114 valence electrons. The molecule has 1 aromatic heterocycles. The van der Waals surface area contributed by atoms with Crippen LogP contribution in [0.4, 0.5) is 11.4 Å². The first-order valence-electron chi connectivity index (χ1n) is 7.30. The minimum absolute atomic E-state index is 0.209. The Morgan fingerprint density at radius 1 is 1.23 bits per heavy atom. The summed E-state index contributed by atoms with van der Waals surface area (Å²) < 4.78 is 5.16. The Morgan fingerprint density at radius 2 is 2.05 bits per heavy atom. The molecule has 1 aliphatic rings. The van der Waals surface area contributed by atoms with Gasteiger partial charge in [0.1, 0.15) is 5.76 Å². The van der Waals surface area contributed by atoms with Gasteiger partial charge in [0.2, 0.25) is 5.91 Å². The molecule has 1 aromatic carbocycles. The number of furan rings is 1. The van der Waals surface area contributed by atoms with Crippen LogP contribution in [0.1, 0.15) is 18.6 Å². The predicted molar refractivity (Wildman–Crippen MR) is 89.3 cm³/mol. The third-order valence-corrected chi connectivity index (χ3v) is 3.91. The lowest BCUT2D eigenvalue weighted by molar-refractivity contribution is -0.111. The van der Waals surface area contributed by atoms with Crippen molar-refractivity contribution in [3.63, 3.8) is 0 Å². The molecular formula is C17H17ClN2O2. The van der Waals surface area contributed by atoms with Gasteiger partial charge in [-0.25, -0.2) is 0 Å². The average Bonchev–Trinajstić information content (AvgIpc) is 3.19. The molecule has 2 aromatic rings. The van der Waals surface area contributed by atoms with E-state index in [9.17, 15) is 4.79 Å². The molecule has 0 bridgehead atoms. The van der Waals surface area contributed by atoms with Crippen molar-refractivity contribution < 1.29 is 9.21 Å². The van der Waals surface area contributed by atoms with Crippen LogP contribution in [0.3, 0.4) is 0 Å². The number of anilines is 2. The molecule has 1 saturated heterocycles. The number of amides is 1. The highest BCUT2D eigenvalue weighted by Crippen LogP contribution is 2.35. The molecule has 1 amide bonds. The van der Waals surface area contributed by atoms with E-state index in [1.54, 1.807) is 24.5 Å². The van der Waals surface area contributed by atoms with Crippen molar-refractivity contribution in [2.24, 2.45) is 0 Å². The molecule has 0 radical (unpaired) electrons. The topological polar surface area (TPSA) is 45.5 Å². The highest BCUT2D eigenvalue weighted by molar-refractivity contribution is 6.34. The molecule has 0 aliphatic carbocycles. The van der Waals surface area contributed by atoms with Gasteiger partial charge in [0.05, 0.1) is 22.7 Å². The molecule has 2 heterocycles. The van der Waals surface area contributed by atoms with Gasteiger partial charge in [-0.3, -0.25) is 4.79 Å². The number of hydrogen-bond donors (Lipinski definition) is 1. The van der Waals surface area contributed by atoms with Crippen LogP contribution < -0.4 is 10.2 Å². The molecule has 1 N–H and O–H groups in total. The summed E-state index contributed by atoms with van der Waals surface area (Å²) in [6, 6.07) is 9.13. The van der Waals surface area contributed by atoms with Crippen LogP contribution in [0.15, 0.2) is 47.1 Å². The van der Waals surface area contributed by atoms with Gasteiger partial charge in [-0.1, -0.05) is 17.7 Å². The Hall–Kier alpha value is -2.20. The standard InChI is InChI=1S/C17H17ClN2O2/c18-14-6-3-7-15(17(14)20-10-1-2-11-20)19-16(21)9-8-13-5-4-12-22-13/h3-9,12H,1-2,10-11H2,(H,19,21). The molecule has 3 rings (SSSR count). The summed E-state index contributed by atoms with van der Waals surface area (Å²) in [7, 11) is 0. The first kappa shape index (κ1) is 14.7. The van der Waals surface area contributed by atoms with Gasteiger partial charge in [-0.05, 0) is 43.2 Å². The minimum Gasteiger partial charge on any atom is -0.465 e. The lowest BCUT2D eigenvalue weighted by Crippen LogP contribution is -2.21. The number of carbonyl (C=O) groups is 1. The van der Waals surface area contributed by atoms with Gasteiger partial charge < -0.3 is 14.6 Å². The van der Waals surface area contributed by atoms with Gasteiger partial charge in [-0.15, -0.1) is 0 Å². The molecule has 0 atom stereocenters. The van der Waals surface area contributed by atoms with Crippen molar-refractivity contribution in [2.45, 2.75) is 12.8 Å². The van der Waals surface area contributed by atoms with Crippen LogP contribution >= 0.6 is 11.6 Å². The monoisotopic (exact) mass is 316 g/mol. The second-order valence-electron chi connectivity index (χ2n) is 5.17. The molecule has 22 heavy (non-hydrogen) atoms. The number of benzene rings is 1. The second kappa shape index (κ2) is 6.71. The maximum atomic E-state index is 12.1. The van der Waals surface area contributed by atoms with Crippen molar-refractivity contribution in [3.8, 4) is 0 Å². The minimum atomic E-state index is -0.209. The number of nitrogens with one attached hydrogen (secondary N) is 1. The molecule has 4 nitrogen and oxygen atoms in total. The van der Waals surface area contributed by atoms with E-state index >= 15 is 0 Å². The maximum absolute atomic E-state index is 12.1. The number of halogens is 1. The molecule has 0 unspecified atom stereocenters. The normalized spacial score (nSPS) is 14.7. The average molecular weight is 317 g/mol. The highest BCUT2D eigenvalue weighted by atomic mass is 35.5. The summed E-state index contributed by atoms with van der Waals surface area (Å²) in [5.41, 5.74) is 1.64. The summed E-state index contributed by atoms with van der Waals surface area (Å²) in [5, 5.41) is 3.56. The van der Waals surface area contributed by atoms with E-state index in [-0.39, 0.29) is 5.91 Å². The van der Waals surface area contributed by atoms with Crippen LogP contribution in [-0.4, -0.2) is 19.0 Å². The fraction of sp³-hybridized carbons (Fsp3) is 0.235. The van der Waals surface area contributed by atoms with Crippen LogP contribution in [0.25, 0.3) is 6.08 Å². The third kappa shape index (κ3) is 3.34. The van der Waals surface area contributed by atoms with E-state index in [0.29, 0.717) is 10.8 Å². The Kier molecular flexibility index (Phi) is 4.49. The fourth-order valence-corrected chi connectivity index (χ4v) is 2.89. The maximum Gasteiger partial charge on any atom is 0.248 e. The van der Waals surface area contributed by atoms with Crippen molar-refractivity contribution in [2.75, 3.05) is 23.3 Å². The van der Waals surface area contributed by atoms with Crippen molar-refractivity contribution in [3.05, 3.63) is 53.5 Å². The van der Waals surface area contributed by atoms with Gasteiger partial charge >= 0.3 is 0 Å². The molecule has 5 heteroatoms. The number of nitrogens with zero attached hydrogens (tertiary/aromatic N) is 1. The van der Waals surface area contributed by atoms with Gasteiger partial charge in [0.25, 0.3) is 0 Å². The first-order valence-corrected chi connectivity index (χ1v) is 7.68. The molecule has 1 fully saturated rings.